The Morgan fingerprint density at radius 3 is 2.69 bits per heavy atom. The van der Waals surface area contributed by atoms with E-state index in [2.05, 4.69) is 0 Å². The van der Waals surface area contributed by atoms with Crippen LogP contribution >= 0.6 is 0 Å². The van der Waals surface area contributed by atoms with Crippen molar-refractivity contribution in [2.45, 2.75) is 20.1 Å². The zero-order valence-electron chi connectivity index (χ0n) is 7.53. The largest absolute Gasteiger partial charge is 0.444 e. The molecule has 1 atom stereocenters. The van der Waals surface area contributed by atoms with Crippen LogP contribution in [0.25, 0.3) is 0 Å². The van der Waals surface area contributed by atoms with Gasteiger partial charge in [-0.2, -0.15) is 0 Å². The summed E-state index contributed by atoms with van der Waals surface area (Å²) in [7, 11) is 0. The quantitative estimate of drug-likeness (QED) is 0.656. The number of ketones is 1. The normalized spacial score (nSPS) is 18.8. The number of ether oxygens (including phenoxy) is 2. The summed E-state index contributed by atoms with van der Waals surface area (Å²) in [5.74, 6) is 1.18. The van der Waals surface area contributed by atoms with Gasteiger partial charge in [0.1, 0.15) is 0 Å². The average molecular weight is 178 g/mol. The molecular weight excluding hydrogens is 168 g/mol. The number of Topliss-reactive ketones (excluding diaryl/α,β-unsaturated/α-hetero) is 1. The van der Waals surface area contributed by atoms with Crippen LogP contribution in [0.4, 0.5) is 0 Å². The predicted octanol–water partition coefficient (Wildman–Crippen LogP) is 1.68. The highest BCUT2D eigenvalue weighted by Crippen LogP contribution is 2.35. The molecule has 1 aromatic rings. The van der Waals surface area contributed by atoms with E-state index >= 15 is 0 Å². The SMILES string of the molecule is CC(=O)C1Oc2ccc(C)cc2O1. The number of carbonyl (C=O) groups excluding carboxylic acids is 1. The van der Waals surface area contributed by atoms with Gasteiger partial charge in [-0.1, -0.05) is 6.07 Å². The summed E-state index contributed by atoms with van der Waals surface area (Å²) in [5, 5.41) is 0. The lowest BCUT2D eigenvalue weighted by molar-refractivity contribution is -0.132. The van der Waals surface area contributed by atoms with Crippen LogP contribution in [-0.4, -0.2) is 12.1 Å². The molecule has 0 fully saturated rings. The summed E-state index contributed by atoms with van der Waals surface area (Å²) in [4.78, 5) is 10.9. The van der Waals surface area contributed by atoms with E-state index in [1.54, 1.807) is 0 Å². The maximum absolute atomic E-state index is 10.9. The molecule has 0 radical (unpaired) electrons. The fourth-order valence-electron chi connectivity index (χ4n) is 1.23. The van der Waals surface area contributed by atoms with Crippen LogP contribution in [-0.2, 0) is 4.79 Å². The molecule has 0 aliphatic carbocycles. The molecule has 1 unspecified atom stereocenters. The molecule has 0 saturated carbocycles. The fourth-order valence-corrected chi connectivity index (χ4v) is 1.23. The van der Waals surface area contributed by atoms with E-state index in [0.29, 0.717) is 11.5 Å². The molecule has 1 aliphatic heterocycles. The van der Waals surface area contributed by atoms with Gasteiger partial charge in [-0.15, -0.1) is 0 Å². The number of hydrogen-bond acceptors (Lipinski definition) is 3. The summed E-state index contributed by atoms with van der Waals surface area (Å²) >= 11 is 0. The molecule has 0 aromatic heterocycles. The third kappa shape index (κ3) is 1.37. The van der Waals surface area contributed by atoms with Crippen molar-refractivity contribution in [3.8, 4) is 11.5 Å². The Kier molecular flexibility index (Phi) is 1.72. The molecule has 0 N–H and O–H groups in total. The first-order chi connectivity index (χ1) is 6.16. The monoisotopic (exact) mass is 178 g/mol. The lowest BCUT2D eigenvalue weighted by Gasteiger charge is -2.03. The highest BCUT2D eigenvalue weighted by atomic mass is 16.7. The van der Waals surface area contributed by atoms with E-state index in [1.165, 1.54) is 6.92 Å². The van der Waals surface area contributed by atoms with E-state index in [-0.39, 0.29) is 5.78 Å². The third-order valence-corrected chi connectivity index (χ3v) is 1.90. The molecule has 0 saturated heterocycles. The fraction of sp³-hybridized carbons (Fsp3) is 0.300. The molecule has 3 nitrogen and oxygen atoms in total. The smallest absolute Gasteiger partial charge is 0.300 e. The standard InChI is InChI=1S/C10H10O3/c1-6-3-4-8-9(5-6)13-10(12-8)7(2)11/h3-5,10H,1-2H3. The Labute approximate surface area is 76.3 Å². The molecule has 1 heterocycles. The summed E-state index contributed by atoms with van der Waals surface area (Å²) in [6.07, 6.45) is -0.753. The third-order valence-electron chi connectivity index (χ3n) is 1.90. The van der Waals surface area contributed by atoms with Crippen molar-refractivity contribution in [2.75, 3.05) is 0 Å². The van der Waals surface area contributed by atoms with Gasteiger partial charge < -0.3 is 9.47 Å². The van der Waals surface area contributed by atoms with Crippen LogP contribution < -0.4 is 9.47 Å². The highest BCUT2D eigenvalue weighted by Gasteiger charge is 2.27. The van der Waals surface area contributed by atoms with Crippen LogP contribution in [0.3, 0.4) is 0 Å². The van der Waals surface area contributed by atoms with Crippen molar-refractivity contribution in [1.82, 2.24) is 0 Å². The molecule has 1 aliphatic rings. The number of benzene rings is 1. The maximum Gasteiger partial charge on any atom is 0.300 e. The van der Waals surface area contributed by atoms with E-state index in [0.717, 1.165) is 5.56 Å². The summed E-state index contributed by atoms with van der Waals surface area (Å²) in [6.45, 7) is 3.41. The van der Waals surface area contributed by atoms with E-state index in [4.69, 9.17) is 9.47 Å². The van der Waals surface area contributed by atoms with E-state index in [9.17, 15) is 4.79 Å². The predicted molar refractivity (Wildman–Crippen MR) is 46.9 cm³/mol. The van der Waals surface area contributed by atoms with Crippen LogP contribution in [0.15, 0.2) is 18.2 Å². The van der Waals surface area contributed by atoms with Gasteiger partial charge in [0.2, 0.25) is 5.78 Å². The van der Waals surface area contributed by atoms with Gasteiger partial charge in [-0.3, -0.25) is 4.79 Å². The topological polar surface area (TPSA) is 35.5 Å². The second kappa shape index (κ2) is 2.76. The zero-order valence-corrected chi connectivity index (χ0v) is 7.53. The molecule has 13 heavy (non-hydrogen) atoms. The molecule has 0 amide bonds. The van der Waals surface area contributed by atoms with Crippen LogP contribution in [0, 0.1) is 6.92 Å². The van der Waals surface area contributed by atoms with Crippen molar-refractivity contribution < 1.29 is 14.3 Å². The average Bonchev–Trinajstić information content (AvgIpc) is 2.46. The Morgan fingerprint density at radius 1 is 1.31 bits per heavy atom. The number of hydrogen-bond donors (Lipinski definition) is 0. The van der Waals surface area contributed by atoms with Gasteiger partial charge in [-0.25, -0.2) is 0 Å². The van der Waals surface area contributed by atoms with Crippen molar-refractivity contribution >= 4 is 5.78 Å². The van der Waals surface area contributed by atoms with Crippen LogP contribution in [0.5, 0.6) is 11.5 Å². The number of fused-ring (bicyclic) bond motifs is 1. The van der Waals surface area contributed by atoms with Crippen molar-refractivity contribution in [3.63, 3.8) is 0 Å². The van der Waals surface area contributed by atoms with Gasteiger partial charge in [-0.05, 0) is 24.6 Å². The second-order valence-corrected chi connectivity index (χ2v) is 3.13. The zero-order chi connectivity index (χ0) is 9.42. The van der Waals surface area contributed by atoms with Crippen molar-refractivity contribution in [3.05, 3.63) is 23.8 Å². The first-order valence-electron chi connectivity index (χ1n) is 4.11. The molecular formula is C10H10O3. The van der Waals surface area contributed by atoms with Crippen LogP contribution in [0.1, 0.15) is 12.5 Å². The summed E-state index contributed by atoms with van der Waals surface area (Å²) in [6, 6.07) is 5.59. The highest BCUT2D eigenvalue weighted by molar-refractivity contribution is 5.80. The number of carbonyl (C=O) groups is 1. The number of rotatable bonds is 1. The minimum Gasteiger partial charge on any atom is -0.444 e. The van der Waals surface area contributed by atoms with Gasteiger partial charge in [0, 0.05) is 6.92 Å². The second-order valence-electron chi connectivity index (χ2n) is 3.13. The number of aryl methyl sites for hydroxylation is 1. The van der Waals surface area contributed by atoms with Crippen LogP contribution in [0.2, 0.25) is 0 Å². The van der Waals surface area contributed by atoms with Crippen molar-refractivity contribution in [1.29, 1.82) is 0 Å². The molecule has 3 heteroatoms. The van der Waals surface area contributed by atoms with E-state index < -0.39 is 6.29 Å². The minimum atomic E-state index is -0.753. The van der Waals surface area contributed by atoms with E-state index in [1.807, 2.05) is 25.1 Å². The lowest BCUT2D eigenvalue weighted by atomic mass is 10.2. The summed E-state index contributed by atoms with van der Waals surface area (Å²) < 4.78 is 10.5. The van der Waals surface area contributed by atoms with Gasteiger partial charge >= 0.3 is 6.29 Å². The summed E-state index contributed by atoms with van der Waals surface area (Å²) in [5.41, 5.74) is 1.09. The van der Waals surface area contributed by atoms with Gasteiger partial charge in [0.25, 0.3) is 0 Å². The Hall–Kier alpha value is -1.51. The lowest BCUT2D eigenvalue weighted by Crippen LogP contribution is -2.26. The molecule has 1 aromatic carbocycles. The Morgan fingerprint density at radius 2 is 2.00 bits per heavy atom. The molecule has 68 valence electrons. The molecule has 0 bridgehead atoms. The minimum absolute atomic E-state index is 0.117. The Balaban J connectivity index is 2.30. The first-order valence-corrected chi connectivity index (χ1v) is 4.11. The Bertz CT molecular complexity index is 357. The maximum atomic E-state index is 10.9. The molecule has 2 rings (SSSR count). The van der Waals surface area contributed by atoms with Gasteiger partial charge in [0.15, 0.2) is 11.5 Å². The van der Waals surface area contributed by atoms with Crippen molar-refractivity contribution in [2.24, 2.45) is 0 Å². The first kappa shape index (κ1) is 8.10. The molecule has 0 spiro atoms. The van der Waals surface area contributed by atoms with Gasteiger partial charge in [0.05, 0.1) is 0 Å².